The number of hydrogen-bond donors (Lipinski definition) is 1. The molecule has 0 spiro atoms. The summed E-state index contributed by atoms with van der Waals surface area (Å²) in [6, 6.07) is 0. The number of unbranched alkanes of at least 4 members (excludes halogenated alkanes) is 9. The van der Waals surface area contributed by atoms with Gasteiger partial charge in [0.25, 0.3) is 0 Å². The van der Waals surface area contributed by atoms with Crippen LogP contribution in [0.4, 0.5) is 8.78 Å². The molecule has 1 N–H and O–H groups in total. The molecule has 0 aliphatic carbocycles. The largest absolute Gasteiger partial charge is 0.460 e. The van der Waals surface area contributed by atoms with Gasteiger partial charge in [0.1, 0.15) is 12.0 Å². The van der Waals surface area contributed by atoms with Crippen molar-refractivity contribution in [1.82, 2.24) is 0 Å². The molecule has 138 valence electrons. The predicted octanol–water partition coefficient (Wildman–Crippen LogP) is 5.49. The van der Waals surface area contributed by atoms with Gasteiger partial charge in [0.05, 0.1) is 6.61 Å². The Morgan fingerprint density at radius 1 is 0.957 bits per heavy atom. The number of esters is 1. The Kier molecular flexibility index (Phi) is 15.6. The quantitative estimate of drug-likeness (QED) is 0.0885. The summed E-state index contributed by atoms with van der Waals surface area (Å²) in [6.07, 6.45) is 11.0. The zero-order valence-electron chi connectivity index (χ0n) is 13.1. The number of halogens is 3. The molecular formula is C14H25BrF2O5S. The van der Waals surface area contributed by atoms with E-state index in [1.807, 2.05) is 0 Å². The molecule has 9 heteroatoms. The van der Waals surface area contributed by atoms with E-state index in [1.165, 1.54) is 38.5 Å². The van der Waals surface area contributed by atoms with Crippen molar-refractivity contribution in [1.29, 1.82) is 0 Å². The van der Waals surface area contributed by atoms with Gasteiger partial charge in [-0.3, -0.25) is 0 Å². The van der Waals surface area contributed by atoms with Crippen molar-refractivity contribution in [2.24, 2.45) is 0 Å². The zero-order chi connectivity index (χ0) is 17.4. The molecule has 0 aliphatic rings. The zero-order valence-corrected chi connectivity index (χ0v) is 15.5. The summed E-state index contributed by atoms with van der Waals surface area (Å²) >= 11 is 2.80. The predicted molar refractivity (Wildman–Crippen MR) is 88.3 cm³/mol. The number of carbonyl (C=O) groups is 1. The monoisotopic (exact) mass is 422 g/mol. The minimum absolute atomic E-state index is 0.0541. The van der Waals surface area contributed by atoms with Gasteiger partial charge in [0.15, 0.2) is 0 Å². The van der Waals surface area contributed by atoms with E-state index in [0.29, 0.717) is 6.42 Å². The molecule has 0 aliphatic heterocycles. The third-order valence-electron chi connectivity index (χ3n) is 3.17. The van der Waals surface area contributed by atoms with Crippen LogP contribution in [0.2, 0.25) is 0 Å². The molecular weight excluding hydrogens is 398 g/mol. The van der Waals surface area contributed by atoms with Gasteiger partial charge >= 0.3 is 11.2 Å². The lowest BCUT2D eigenvalue weighted by Crippen LogP contribution is -2.27. The topological polar surface area (TPSA) is 65.0 Å². The van der Waals surface area contributed by atoms with Crippen LogP contribution < -0.4 is 0 Å². The third kappa shape index (κ3) is 14.1. The van der Waals surface area contributed by atoms with E-state index in [1.54, 1.807) is 0 Å². The van der Waals surface area contributed by atoms with Crippen LogP contribution in [0.1, 0.15) is 64.2 Å². The maximum atomic E-state index is 13.0. The summed E-state index contributed by atoms with van der Waals surface area (Å²) < 4.78 is 34.0. The minimum Gasteiger partial charge on any atom is -0.460 e. The molecule has 0 aromatic rings. The summed E-state index contributed by atoms with van der Waals surface area (Å²) in [5.74, 6) is -1.71. The van der Waals surface area contributed by atoms with Gasteiger partial charge in [0.2, 0.25) is 0 Å². The Labute approximate surface area is 148 Å². The van der Waals surface area contributed by atoms with Crippen LogP contribution in [0.5, 0.6) is 0 Å². The number of rotatable bonds is 16. The van der Waals surface area contributed by atoms with Crippen molar-refractivity contribution in [3.63, 3.8) is 0 Å². The maximum Gasteiger partial charge on any atom is 0.415 e. The van der Waals surface area contributed by atoms with Crippen molar-refractivity contribution < 1.29 is 32.9 Å². The fraction of sp³-hybridized carbons (Fsp3) is 0.929. The van der Waals surface area contributed by atoms with E-state index in [2.05, 4.69) is 30.0 Å². The Morgan fingerprint density at radius 2 is 1.43 bits per heavy atom. The van der Waals surface area contributed by atoms with E-state index >= 15 is 0 Å². The SMILES string of the molecule is O=C(OCCCCCCCCCCCCBr)C(F)(F)SOOO. The van der Waals surface area contributed by atoms with E-state index in [-0.39, 0.29) is 6.61 Å². The van der Waals surface area contributed by atoms with Crippen LogP contribution in [-0.2, 0) is 18.9 Å². The maximum absolute atomic E-state index is 13.0. The fourth-order valence-electron chi connectivity index (χ4n) is 1.95. The van der Waals surface area contributed by atoms with Crippen LogP contribution in [-0.4, -0.2) is 28.4 Å². The number of carbonyl (C=O) groups excluding carboxylic acids is 1. The number of alkyl halides is 3. The Hall–Kier alpha value is 0.0400. The highest BCUT2D eigenvalue weighted by Crippen LogP contribution is 2.31. The molecule has 0 radical (unpaired) electrons. The minimum atomic E-state index is -3.91. The van der Waals surface area contributed by atoms with Gasteiger partial charge in [-0.15, -0.1) is 4.33 Å². The van der Waals surface area contributed by atoms with Gasteiger partial charge < -0.3 is 4.74 Å². The molecule has 5 nitrogen and oxygen atoms in total. The van der Waals surface area contributed by atoms with Crippen molar-refractivity contribution >= 4 is 33.9 Å². The molecule has 0 fully saturated rings. The van der Waals surface area contributed by atoms with Crippen molar-refractivity contribution in [2.45, 2.75) is 69.5 Å². The second kappa shape index (κ2) is 15.6. The smallest absolute Gasteiger partial charge is 0.415 e. The summed E-state index contributed by atoms with van der Waals surface area (Å²) in [5.41, 5.74) is 0. The molecule has 0 saturated carbocycles. The van der Waals surface area contributed by atoms with Crippen LogP contribution >= 0.6 is 28.0 Å². The molecule has 0 saturated heterocycles. The molecule has 0 atom stereocenters. The molecule has 0 bridgehead atoms. The van der Waals surface area contributed by atoms with Crippen molar-refractivity contribution in [3.05, 3.63) is 0 Å². The normalized spacial score (nSPS) is 11.7. The van der Waals surface area contributed by atoms with Gasteiger partial charge in [-0.2, -0.15) is 8.78 Å². The Morgan fingerprint density at radius 3 is 1.91 bits per heavy atom. The highest BCUT2D eigenvalue weighted by molar-refractivity contribution is 9.09. The summed E-state index contributed by atoms with van der Waals surface area (Å²) in [4.78, 5) is 11.0. The van der Waals surface area contributed by atoms with Crippen molar-refractivity contribution in [2.75, 3.05) is 11.9 Å². The van der Waals surface area contributed by atoms with Crippen molar-refractivity contribution in [3.8, 4) is 0 Å². The van der Waals surface area contributed by atoms with Gasteiger partial charge in [0, 0.05) is 5.33 Å². The molecule has 23 heavy (non-hydrogen) atoms. The number of ether oxygens (including phenoxy) is 1. The summed E-state index contributed by atoms with van der Waals surface area (Å²) in [6.45, 7) is -0.0541. The van der Waals surface area contributed by atoms with Crippen LogP contribution in [0.3, 0.4) is 0 Å². The highest BCUT2D eigenvalue weighted by atomic mass is 79.9. The molecule has 0 rings (SSSR count). The second-order valence-corrected chi connectivity index (χ2v) is 6.71. The summed E-state index contributed by atoms with van der Waals surface area (Å²) in [7, 11) is 0. The average Bonchev–Trinajstić information content (AvgIpc) is 2.53. The first kappa shape index (κ1) is 23.0. The lowest BCUT2D eigenvalue weighted by Gasteiger charge is -2.12. The molecule has 0 aromatic heterocycles. The Balaban J connectivity index is 3.37. The first-order valence-electron chi connectivity index (χ1n) is 7.81. The molecule has 0 aromatic carbocycles. The molecule has 0 heterocycles. The molecule has 0 unspecified atom stereocenters. The summed E-state index contributed by atoms with van der Waals surface area (Å²) in [5, 5.41) is 7.96. The molecule has 0 amide bonds. The van der Waals surface area contributed by atoms with Crippen LogP contribution in [0.25, 0.3) is 0 Å². The highest BCUT2D eigenvalue weighted by Gasteiger charge is 2.44. The number of hydrogen-bond acceptors (Lipinski definition) is 6. The van der Waals surface area contributed by atoms with Gasteiger partial charge in [-0.25, -0.2) is 10.1 Å². The lowest BCUT2D eigenvalue weighted by molar-refractivity contribution is -0.433. The first-order valence-corrected chi connectivity index (χ1v) is 9.68. The van der Waals surface area contributed by atoms with E-state index in [4.69, 9.17) is 5.26 Å². The standard InChI is InChI=1S/C14H25BrF2O5S/c15-11-9-7-5-3-1-2-4-6-8-10-12-20-13(18)14(16,17)23-22-21-19/h19H,1-12H2. The van der Waals surface area contributed by atoms with E-state index in [0.717, 1.165) is 24.6 Å². The fourth-order valence-corrected chi connectivity index (χ4v) is 2.59. The van der Waals surface area contributed by atoms with E-state index in [9.17, 15) is 13.6 Å². The van der Waals surface area contributed by atoms with Crippen LogP contribution in [0, 0.1) is 0 Å². The van der Waals surface area contributed by atoms with Gasteiger partial charge in [-0.05, 0) is 12.8 Å². The third-order valence-corrected chi connectivity index (χ3v) is 4.23. The van der Waals surface area contributed by atoms with Gasteiger partial charge in [-0.1, -0.05) is 72.3 Å². The second-order valence-electron chi connectivity index (χ2n) is 5.10. The average molecular weight is 423 g/mol. The van der Waals surface area contributed by atoms with Crippen LogP contribution in [0.15, 0.2) is 0 Å². The Bertz CT molecular complexity index is 298. The first-order chi connectivity index (χ1) is 11.0. The lowest BCUT2D eigenvalue weighted by atomic mass is 10.1. The van der Waals surface area contributed by atoms with E-state index < -0.39 is 23.3 Å².